The molecule has 12 heavy (non-hydrogen) atoms. The van der Waals surface area contributed by atoms with E-state index in [0.717, 1.165) is 6.42 Å². The van der Waals surface area contributed by atoms with Gasteiger partial charge in [-0.2, -0.15) is 0 Å². The molecule has 1 unspecified atom stereocenters. The Morgan fingerprint density at radius 2 is 1.92 bits per heavy atom. The summed E-state index contributed by atoms with van der Waals surface area (Å²) in [5, 5.41) is 0.178. The number of rotatable bonds is 3. The van der Waals surface area contributed by atoms with Crippen LogP contribution >= 0.6 is 11.8 Å². The van der Waals surface area contributed by atoms with Crippen LogP contribution in [0.4, 0.5) is 0 Å². The van der Waals surface area contributed by atoms with Crippen LogP contribution in [0.15, 0.2) is 29.2 Å². The Balaban J connectivity index is 2.65. The SMILES string of the molecule is CCc1ccc(SC(C)N)cc1. The predicted octanol–water partition coefficient (Wildman–Crippen LogP) is 2.65. The van der Waals surface area contributed by atoms with Crippen LogP contribution in [0.25, 0.3) is 0 Å². The summed E-state index contributed by atoms with van der Waals surface area (Å²) in [7, 11) is 0. The molecule has 0 heterocycles. The van der Waals surface area contributed by atoms with Crippen LogP contribution in [0.2, 0.25) is 0 Å². The van der Waals surface area contributed by atoms with Gasteiger partial charge in [0.05, 0.1) is 5.37 Å². The normalized spacial score (nSPS) is 12.9. The minimum Gasteiger partial charge on any atom is -0.319 e. The van der Waals surface area contributed by atoms with Gasteiger partial charge in [-0.1, -0.05) is 19.1 Å². The van der Waals surface area contributed by atoms with E-state index in [1.807, 2.05) is 6.92 Å². The monoisotopic (exact) mass is 181 g/mol. The molecule has 0 bridgehead atoms. The van der Waals surface area contributed by atoms with Gasteiger partial charge in [0, 0.05) is 4.90 Å². The van der Waals surface area contributed by atoms with Crippen LogP contribution in [0.3, 0.4) is 0 Å². The van der Waals surface area contributed by atoms with Gasteiger partial charge < -0.3 is 5.73 Å². The van der Waals surface area contributed by atoms with Crippen molar-refractivity contribution in [1.82, 2.24) is 0 Å². The molecule has 0 fully saturated rings. The fraction of sp³-hybridized carbons (Fsp3) is 0.400. The summed E-state index contributed by atoms with van der Waals surface area (Å²) in [4.78, 5) is 1.25. The van der Waals surface area contributed by atoms with Gasteiger partial charge in [0.2, 0.25) is 0 Å². The van der Waals surface area contributed by atoms with Crippen LogP contribution in [0, 0.1) is 0 Å². The Bertz CT molecular complexity index is 228. The van der Waals surface area contributed by atoms with Crippen LogP contribution < -0.4 is 5.73 Å². The molecule has 0 aliphatic carbocycles. The van der Waals surface area contributed by atoms with Gasteiger partial charge in [0.15, 0.2) is 0 Å². The smallest absolute Gasteiger partial charge is 0.0525 e. The Labute approximate surface area is 78.4 Å². The van der Waals surface area contributed by atoms with Crippen LogP contribution in [-0.2, 0) is 6.42 Å². The molecular formula is C10H15NS. The summed E-state index contributed by atoms with van der Waals surface area (Å²) in [5.41, 5.74) is 7.04. The fourth-order valence-electron chi connectivity index (χ4n) is 1.02. The summed E-state index contributed by atoms with van der Waals surface area (Å²) in [6.45, 7) is 4.16. The highest BCUT2D eigenvalue weighted by atomic mass is 32.2. The van der Waals surface area contributed by atoms with Crippen molar-refractivity contribution in [2.45, 2.75) is 30.5 Å². The minimum atomic E-state index is 0.178. The van der Waals surface area contributed by atoms with Crippen molar-refractivity contribution in [1.29, 1.82) is 0 Å². The maximum Gasteiger partial charge on any atom is 0.0525 e. The second-order valence-electron chi connectivity index (χ2n) is 2.82. The third kappa shape index (κ3) is 2.88. The minimum absolute atomic E-state index is 0.178. The van der Waals surface area contributed by atoms with E-state index in [4.69, 9.17) is 5.73 Å². The molecular weight excluding hydrogens is 166 g/mol. The topological polar surface area (TPSA) is 26.0 Å². The largest absolute Gasteiger partial charge is 0.319 e. The average molecular weight is 181 g/mol. The van der Waals surface area contributed by atoms with E-state index in [0.29, 0.717) is 0 Å². The number of benzene rings is 1. The molecule has 0 amide bonds. The molecule has 1 nitrogen and oxygen atoms in total. The van der Waals surface area contributed by atoms with Crippen molar-refractivity contribution in [2.75, 3.05) is 0 Å². The summed E-state index contributed by atoms with van der Waals surface area (Å²) in [6, 6.07) is 8.58. The number of hydrogen-bond donors (Lipinski definition) is 1. The first-order valence-electron chi connectivity index (χ1n) is 4.23. The third-order valence-corrected chi connectivity index (χ3v) is 2.57. The Hall–Kier alpha value is -0.470. The van der Waals surface area contributed by atoms with Crippen molar-refractivity contribution >= 4 is 11.8 Å². The lowest BCUT2D eigenvalue weighted by Gasteiger charge is -2.04. The first-order chi connectivity index (χ1) is 5.72. The average Bonchev–Trinajstić information content (AvgIpc) is 2.05. The van der Waals surface area contributed by atoms with E-state index in [2.05, 4.69) is 31.2 Å². The molecule has 1 atom stereocenters. The molecule has 0 saturated carbocycles. The van der Waals surface area contributed by atoms with Crippen molar-refractivity contribution in [2.24, 2.45) is 5.73 Å². The molecule has 2 N–H and O–H groups in total. The van der Waals surface area contributed by atoms with Gasteiger partial charge >= 0.3 is 0 Å². The van der Waals surface area contributed by atoms with Crippen LogP contribution in [-0.4, -0.2) is 5.37 Å². The molecule has 0 aliphatic rings. The Kier molecular flexibility index (Phi) is 3.63. The summed E-state index contributed by atoms with van der Waals surface area (Å²) in [5.74, 6) is 0. The van der Waals surface area contributed by atoms with Crippen molar-refractivity contribution in [3.63, 3.8) is 0 Å². The molecule has 0 aromatic heterocycles. The maximum atomic E-state index is 5.66. The van der Waals surface area contributed by atoms with Crippen molar-refractivity contribution in [3.8, 4) is 0 Å². The van der Waals surface area contributed by atoms with Gasteiger partial charge in [0.1, 0.15) is 0 Å². The molecule has 0 spiro atoms. The number of hydrogen-bond acceptors (Lipinski definition) is 2. The standard InChI is InChI=1S/C10H15NS/c1-3-9-4-6-10(7-5-9)12-8(2)11/h4-8H,3,11H2,1-2H3. The highest BCUT2D eigenvalue weighted by Gasteiger charge is 1.97. The first-order valence-corrected chi connectivity index (χ1v) is 5.11. The van der Waals surface area contributed by atoms with E-state index < -0.39 is 0 Å². The zero-order chi connectivity index (χ0) is 8.97. The molecule has 1 aromatic rings. The van der Waals surface area contributed by atoms with Crippen LogP contribution in [0.1, 0.15) is 19.4 Å². The molecule has 0 radical (unpaired) electrons. The number of aryl methyl sites for hydroxylation is 1. The van der Waals surface area contributed by atoms with Gasteiger partial charge in [0.25, 0.3) is 0 Å². The first kappa shape index (κ1) is 9.62. The van der Waals surface area contributed by atoms with E-state index in [9.17, 15) is 0 Å². The van der Waals surface area contributed by atoms with Gasteiger partial charge in [-0.15, -0.1) is 11.8 Å². The van der Waals surface area contributed by atoms with Gasteiger partial charge in [-0.25, -0.2) is 0 Å². The maximum absolute atomic E-state index is 5.66. The summed E-state index contributed by atoms with van der Waals surface area (Å²) < 4.78 is 0. The molecule has 2 heteroatoms. The van der Waals surface area contributed by atoms with E-state index in [1.165, 1.54) is 10.5 Å². The highest BCUT2D eigenvalue weighted by Crippen LogP contribution is 2.20. The van der Waals surface area contributed by atoms with Gasteiger partial charge in [-0.05, 0) is 31.0 Å². The van der Waals surface area contributed by atoms with Crippen molar-refractivity contribution < 1.29 is 0 Å². The van der Waals surface area contributed by atoms with E-state index >= 15 is 0 Å². The lowest BCUT2D eigenvalue weighted by atomic mass is 10.2. The number of thioether (sulfide) groups is 1. The molecule has 0 saturated heterocycles. The predicted molar refractivity (Wildman–Crippen MR) is 55.3 cm³/mol. The zero-order valence-electron chi connectivity index (χ0n) is 7.58. The van der Waals surface area contributed by atoms with Crippen LogP contribution in [0.5, 0.6) is 0 Å². The lowest BCUT2D eigenvalue weighted by Crippen LogP contribution is -2.08. The Morgan fingerprint density at radius 1 is 1.33 bits per heavy atom. The second kappa shape index (κ2) is 4.53. The Morgan fingerprint density at radius 3 is 2.33 bits per heavy atom. The molecule has 0 aliphatic heterocycles. The van der Waals surface area contributed by atoms with E-state index in [1.54, 1.807) is 11.8 Å². The van der Waals surface area contributed by atoms with Gasteiger partial charge in [-0.3, -0.25) is 0 Å². The van der Waals surface area contributed by atoms with Crippen molar-refractivity contribution in [3.05, 3.63) is 29.8 Å². The third-order valence-electron chi connectivity index (χ3n) is 1.65. The molecule has 66 valence electrons. The quantitative estimate of drug-likeness (QED) is 0.573. The van der Waals surface area contributed by atoms with E-state index in [-0.39, 0.29) is 5.37 Å². The summed E-state index contributed by atoms with van der Waals surface area (Å²) in [6.07, 6.45) is 1.10. The fourth-order valence-corrected chi connectivity index (χ4v) is 1.74. The molecule has 1 rings (SSSR count). The lowest BCUT2D eigenvalue weighted by molar-refractivity contribution is 1.04. The highest BCUT2D eigenvalue weighted by molar-refractivity contribution is 7.99. The zero-order valence-corrected chi connectivity index (χ0v) is 8.40. The summed E-state index contributed by atoms with van der Waals surface area (Å²) >= 11 is 1.70. The molecule has 1 aromatic carbocycles. The number of nitrogens with two attached hydrogens (primary N) is 1. The second-order valence-corrected chi connectivity index (χ2v) is 4.27.